The molecule has 0 amide bonds. The quantitative estimate of drug-likeness (QED) is 0.405. The molecule has 0 N–H and O–H groups in total. The predicted octanol–water partition coefficient (Wildman–Crippen LogP) is 5.41. The van der Waals surface area contributed by atoms with Crippen LogP contribution >= 0.6 is 11.5 Å². The standard InChI is InChI=1S/C20H22N4O2S/c1-4-24(11-12-26-15(3)25)17-8-6-16(7-9-17)21-22-20-18-13-14(2)5-10-19(18)23-27-20/h5-10,13H,4,11-12H2,1-3H3. The van der Waals surface area contributed by atoms with Crippen LogP contribution in [0.15, 0.2) is 52.7 Å². The van der Waals surface area contributed by atoms with Gasteiger partial charge in [-0.25, -0.2) is 0 Å². The number of carbonyl (C=O) groups is 1. The van der Waals surface area contributed by atoms with Crippen LogP contribution in [0.5, 0.6) is 0 Å². The van der Waals surface area contributed by atoms with E-state index in [4.69, 9.17) is 4.74 Å². The molecule has 7 heteroatoms. The summed E-state index contributed by atoms with van der Waals surface area (Å²) in [5, 5.41) is 10.6. The van der Waals surface area contributed by atoms with E-state index in [0.717, 1.165) is 33.8 Å². The van der Waals surface area contributed by atoms with E-state index in [-0.39, 0.29) is 5.97 Å². The fourth-order valence-corrected chi connectivity index (χ4v) is 3.40. The number of carbonyl (C=O) groups excluding carboxylic acids is 1. The van der Waals surface area contributed by atoms with E-state index in [1.807, 2.05) is 36.4 Å². The number of ether oxygens (including phenoxy) is 1. The Labute approximate surface area is 162 Å². The molecule has 3 rings (SSSR count). The summed E-state index contributed by atoms with van der Waals surface area (Å²) in [5.41, 5.74) is 3.96. The van der Waals surface area contributed by atoms with Crippen LogP contribution in [0.25, 0.3) is 10.9 Å². The minimum Gasteiger partial charge on any atom is -0.464 e. The average molecular weight is 382 g/mol. The highest BCUT2D eigenvalue weighted by atomic mass is 32.1. The van der Waals surface area contributed by atoms with Gasteiger partial charge in [0.25, 0.3) is 0 Å². The van der Waals surface area contributed by atoms with Crippen LogP contribution in [0.3, 0.4) is 0 Å². The van der Waals surface area contributed by atoms with Crippen molar-refractivity contribution in [2.75, 3.05) is 24.6 Å². The van der Waals surface area contributed by atoms with Gasteiger partial charge >= 0.3 is 5.97 Å². The summed E-state index contributed by atoms with van der Waals surface area (Å²) < 4.78 is 9.43. The Morgan fingerprint density at radius 2 is 1.96 bits per heavy atom. The first-order valence-electron chi connectivity index (χ1n) is 8.83. The zero-order valence-electron chi connectivity index (χ0n) is 15.7. The largest absolute Gasteiger partial charge is 0.464 e. The number of benzene rings is 2. The number of fused-ring (bicyclic) bond motifs is 1. The lowest BCUT2D eigenvalue weighted by Gasteiger charge is -2.22. The molecule has 140 valence electrons. The van der Waals surface area contributed by atoms with Crippen molar-refractivity contribution in [1.29, 1.82) is 0 Å². The Kier molecular flexibility index (Phi) is 6.13. The third kappa shape index (κ3) is 4.89. The second-order valence-corrected chi connectivity index (χ2v) is 6.90. The summed E-state index contributed by atoms with van der Waals surface area (Å²) in [6.07, 6.45) is 0. The van der Waals surface area contributed by atoms with Gasteiger partial charge in [0.1, 0.15) is 6.61 Å². The maximum Gasteiger partial charge on any atom is 0.302 e. The highest BCUT2D eigenvalue weighted by molar-refractivity contribution is 7.11. The summed E-state index contributed by atoms with van der Waals surface area (Å²) in [7, 11) is 0. The van der Waals surface area contributed by atoms with Crippen LogP contribution in [0.4, 0.5) is 16.4 Å². The average Bonchev–Trinajstić information content (AvgIpc) is 3.06. The van der Waals surface area contributed by atoms with Crippen molar-refractivity contribution in [2.45, 2.75) is 20.8 Å². The Balaban J connectivity index is 1.70. The first-order valence-corrected chi connectivity index (χ1v) is 9.60. The van der Waals surface area contributed by atoms with E-state index in [2.05, 4.69) is 39.4 Å². The van der Waals surface area contributed by atoms with E-state index >= 15 is 0 Å². The number of anilines is 1. The van der Waals surface area contributed by atoms with E-state index in [0.29, 0.717) is 13.2 Å². The van der Waals surface area contributed by atoms with Gasteiger partial charge in [0.05, 0.1) is 17.7 Å². The lowest BCUT2D eigenvalue weighted by molar-refractivity contribution is -0.140. The second-order valence-electron chi connectivity index (χ2n) is 6.14. The molecular weight excluding hydrogens is 360 g/mol. The molecule has 0 aliphatic carbocycles. The van der Waals surface area contributed by atoms with Gasteiger partial charge in [0, 0.05) is 24.5 Å². The van der Waals surface area contributed by atoms with Gasteiger partial charge in [-0.1, -0.05) is 11.6 Å². The topological polar surface area (TPSA) is 67.2 Å². The molecule has 0 unspecified atom stereocenters. The number of rotatable bonds is 7. The van der Waals surface area contributed by atoms with Crippen LogP contribution in [0.2, 0.25) is 0 Å². The van der Waals surface area contributed by atoms with Gasteiger partial charge in [-0.15, -0.1) is 10.2 Å². The lowest BCUT2D eigenvalue weighted by Crippen LogP contribution is -2.27. The number of nitrogens with zero attached hydrogens (tertiary/aromatic N) is 4. The van der Waals surface area contributed by atoms with E-state index in [9.17, 15) is 4.79 Å². The van der Waals surface area contributed by atoms with Crippen molar-refractivity contribution in [3.8, 4) is 0 Å². The lowest BCUT2D eigenvalue weighted by atomic mass is 10.2. The third-order valence-electron chi connectivity index (χ3n) is 4.13. The van der Waals surface area contributed by atoms with Gasteiger partial charge in [-0.05, 0) is 61.8 Å². The van der Waals surface area contributed by atoms with Crippen LogP contribution in [0.1, 0.15) is 19.4 Å². The summed E-state index contributed by atoms with van der Waals surface area (Å²) >= 11 is 1.35. The first kappa shape index (κ1) is 19.0. The van der Waals surface area contributed by atoms with Gasteiger partial charge in [-0.3, -0.25) is 4.79 Å². The number of esters is 1. The van der Waals surface area contributed by atoms with E-state index in [1.54, 1.807) is 0 Å². The summed E-state index contributed by atoms with van der Waals surface area (Å²) in [6, 6.07) is 14.0. The molecule has 0 aliphatic heterocycles. The minimum absolute atomic E-state index is 0.257. The molecule has 0 aliphatic rings. The summed E-state index contributed by atoms with van der Waals surface area (Å²) in [4.78, 5) is 13.0. The Morgan fingerprint density at radius 3 is 2.67 bits per heavy atom. The molecule has 27 heavy (non-hydrogen) atoms. The molecule has 1 aromatic heterocycles. The SMILES string of the molecule is CCN(CCOC(C)=O)c1ccc(N=Nc2snc3ccc(C)cc23)cc1. The fourth-order valence-electron chi connectivity index (χ4n) is 2.72. The number of azo groups is 1. The molecule has 2 aromatic carbocycles. The van der Waals surface area contributed by atoms with Crippen molar-refractivity contribution in [1.82, 2.24) is 4.37 Å². The van der Waals surface area contributed by atoms with Gasteiger partial charge in [0.15, 0.2) is 5.00 Å². The maximum absolute atomic E-state index is 10.9. The monoisotopic (exact) mass is 382 g/mol. The second kappa shape index (κ2) is 8.73. The predicted molar refractivity (Wildman–Crippen MR) is 109 cm³/mol. The summed E-state index contributed by atoms with van der Waals surface area (Å²) in [5.74, 6) is -0.257. The molecular formula is C20H22N4O2S. The zero-order valence-corrected chi connectivity index (χ0v) is 16.5. The molecule has 3 aromatic rings. The van der Waals surface area contributed by atoms with Crippen LogP contribution in [0, 0.1) is 6.92 Å². The van der Waals surface area contributed by atoms with Crippen molar-refractivity contribution >= 4 is 44.8 Å². The molecule has 0 saturated carbocycles. The van der Waals surface area contributed by atoms with E-state index < -0.39 is 0 Å². The molecule has 0 fully saturated rings. The van der Waals surface area contributed by atoms with E-state index in [1.165, 1.54) is 24.0 Å². The highest BCUT2D eigenvalue weighted by Gasteiger charge is 2.07. The Hall–Kier alpha value is -2.80. The van der Waals surface area contributed by atoms with Crippen molar-refractivity contribution < 1.29 is 9.53 Å². The van der Waals surface area contributed by atoms with Crippen molar-refractivity contribution in [3.05, 3.63) is 48.0 Å². The normalized spacial score (nSPS) is 11.2. The number of aryl methyl sites for hydroxylation is 1. The fraction of sp³-hybridized carbons (Fsp3) is 0.300. The minimum atomic E-state index is -0.257. The molecule has 6 nitrogen and oxygen atoms in total. The van der Waals surface area contributed by atoms with Gasteiger partial charge in [0.2, 0.25) is 0 Å². The highest BCUT2D eigenvalue weighted by Crippen LogP contribution is 2.32. The molecule has 1 heterocycles. The number of hydrogen-bond acceptors (Lipinski definition) is 7. The zero-order chi connectivity index (χ0) is 19.2. The number of likely N-dealkylation sites (N-methyl/N-ethyl adjacent to an activating group) is 1. The van der Waals surface area contributed by atoms with Crippen LogP contribution in [-0.2, 0) is 9.53 Å². The van der Waals surface area contributed by atoms with Crippen molar-refractivity contribution in [2.24, 2.45) is 10.2 Å². The smallest absolute Gasteiger partial charge is 0.302 e. The molecule has 0 radical (unpaired) electrons. The maximum atomic E-state index is 10.9. The molecule has 0 spiro atoms. The molecule has 0 bridgehead atoms. The third-order valence-corrected chi connectivity index (χ3v) is 4.89. The Bertz CT molecular complexity index is 950. The Morgan fingerprint density at radius 1 is 1.19 bits per heavy atom. The van der Waals surface area contributed by atoms with Gasteiger partial charge in [-0.2, -0.15) is 4.37 Å². The molecule has 0 atom stereocenters. The van der Waals surface area contributed by atoms with Gasteiger partial charge < -0.3 is 9.64 Å². The molecule has 0 saturated heterocycles. The summed E-state index contributed by atoms with van der Waals surface area (Å²) in [6.45, 7) is 7.40. The van der Waals surface area contributed by atoms with Crippen LogP contribution in [-0.4, -0.2) is 30.0 Å². The van der Waals surface area contributed by atoms with Crippen LogP contribution < -0.4 is 4.90 Å². The number of aromatic nitrogens is 1. The van der Waals surface area contributed by atoms with Crippen molar-refractivity contribution in [3.63, 3.8) is 0 Å². The first-order chi connectivity index (χ1) is 13.1. The number of hydrogen-bond donors (Lipinski definition) is 0.